The predicted octanol–water partition coefficient (Wildman–Crippen LogP) is 6.44. The van der Waals surface area contributed by atoms with Crippen molar-refractivity contribution in [2.75, 3.05) is 6.54 Å². The highest BCUT2D eigenvalue weighted by Gasteiger charge is 2.52. The Kier molecular flexibility index (Phi) is 3.90. The van der Waals surface area contributed by atoms with Gasteiger partial charge in [0.15, 0.2) is 0 Å². The van der Waals surface area contributed by atoms with E-state index in [2.05, 4.69) is 4.90 Å². The van der Waals surface area contributed by atoms with Crippen LogP contribution < -0.4 is 0 Å². The molecule has 4 aliphatic carbocycles. The van der Waals surface area contributed by atoms with Gasteiger partial charge in [-0.25, -0.2) is 0 Å². The van der Waals surface area contributed by atoms with Crippen LogP contribution in [0, 0.1) is 23.2 Å². The Hall–Kier alpha value is -1.10. The molecule has 0 spiro atoms. The number of hydrogen-bond donors (Lipinski definition) is 0. The third-order valence-electron chi connectivity index (χ3n) is 6.98. The van der Waals surface area contributed by atoms with Crippen molar-refractivity contribution in [3.05, 3.63) is 47.0 Å². The lowest BCUT2D eigenvalue weighted by Gasteiger charge is -2.58. The summed E-state index contributed by atoms with van der Waals surface area (Å²) in [5.74, 6) is 2.59. The highest BCUT2D eigenvalue weighted by molar-refractivity contribution is 8.02. The minimum atomic E-state index is -4.30. The largest absolute Gasteiger partial charge is 0.416 e. The molecule has 1 heterocycles. The molecule has 4 fully saturated rings. The van der Waals surface area contributed by atoms with Gasteiger partial charge in [0, 0.05) is 12.7 Å². The van der Waals surface area contributed by atoms with E-state index in [4.69, 9.17) is 0 Å². The van der Waals surface area contributed by atoms with Crippen LogP contribution in [0.1, 0.15) is 55.0 Å². The van der Waals surface area contributed by atoms with Crippen LogP contribution >= 0.6 is 11.8 Å². The van der Waals surface area contributed by atoms with Crippen LogP contribution in [-0.4, -0.2) is 11.4 Å². The van der Waals surface area contributed by atoms with Crippen LogP contribution in [0.2, 0.25) is 0 Å². The van der Waals surface area contributed by atoms with Gasteiger partial charge >= 0.3 is 6.18 Å². The molecule has 0 amide bonds. The molecule has 140 valence electrons. The molecule has 1 nitrogen and oxygen atoms in total. The normalized spacial score (nSPS) is 38.3. The number of benzene rings is 1. The lowest BCUT2D eigenvalue weighted by molar-refractivity contribution is -0.138. The molecule has 0 saturated heterocycles. The van der Waals surface area contributed by atoms with E-state index >= 15 is 0 Å². The van der Waals surface area contributed by atoms with Crippen molar-refractivity contribution in [1.82, 2.24) is 4.90 Å². The van der Waals surface area contributed by atoms with Crippen LogP contribution in [-0.2, 0) is 6.18 Å². The first-order valence-corrected chi connectivity index (χ1v) is 10.6. The van der Waals surface area contributed by atoms with E-state index in [1.165, 1.54) is 62.4 Å². The fourth-order valence-corrected chi connectivity index (χ4v) is 7.60. The van der Waals surface area contributed by atoms with E-state index in [1.807, 2.05) is 11.6 Å². The molecule has 1 aliphatic heterocycles. The Labute approximate surface area is 157 Å². The zero-order valence-corrected chi connectivity index (χ0v) is 15.5. The molecule has 1 atom stereocenters. The van der Waals surface area contributed by atoms with Gasteiger partial charge in [-0.2, -0.15) is 13.2 Å². The van der Waals surface area contributed by atoms with Gasteiger partial charge in [-0.05, 0) is 78.7 Å². The number of rotatable bonds is 3. The molecule has 0 aromatic heterocycles. The van der Waals surface area contributed by atoms with Gasteiger partial charge in [-0.1, -0.05) is 18.2 Å². The van der Waals surface area contributed by atoms with Gasteiger partial charge < -0.3 is 4.90 Å². The van der Waals surface area contributed by atoms with Crippen molar-refractivity contribution >= 4 is 11.8 Å². The summed E-state index contributed by atoms with van der Waals surface area (Å²) in [6.07, 6.45) is 5.75. The predicted molar refractivity (Wildman–Crippen MR) is 98.2 cm³/mol. The lowest BCUT2D eigenvalue weighted by atomic mass is 9.49. The second-order valence-electron chi connectivity index (χ2n) is 8.95. The molecule has 1 unspecified atom stereocenters. The van der Waals surface area contributed by atoms with Crippen molar-refractivity contribution in [1.29, 1.82) is 0 Å². The van der Waals surface area contributed by atoms with E-state index in [0.717, 1.165) is 24.3 Å². The average Bonchev–Trinajstić information content (AvgIpc) is 3.00. The molecule has 4 saturated carbocycles. The topological polar surface area (TPSA) is 3.24 Å². The highest BCUT2D eigenvalue weighted by Crippen LogP contribution is 2.61. The fraction of sp³-hybridized carbons (Fsp3) is 0.619. The lowest BCUT2D eigenvalue weighted by Crippen LogP contribution is -2.50. The number of thioether (sulfide) groups is 1. The summed E-state index contributed by atoms with van der Waals surface area (Å²) >= 11 is 1.51. The molecule has 0 radical (unpaired) electrons. The van der Waals surface area contributed by atoms with Crippen LogP contribution in [0.15, 0.2) is 35.9 Å². The monoisotopic (exact) mass is 379 g/mol. The summed E-state index contributed by atoms with van der Waals surface area (Å²) < 4.78 is 40.5. The molecule has 5 aliphatic rings. The Morgan fingerprint density at radius 3 is 2.23 bits per heavy atom. The average molecular weight is 379 g/mol. The zero-order chi connectivity index (χ0) is 17.9. The number of hydrogen-bond acceptors (Lipinski definition) is 2. The highest BCUT2D eigenvalue weighted by atomic mass is 32.2. The molecule has 6 rings (SSSR count). The van der Waals surface area contributed by atoms with Crippen molar-refractivity contribution < 1.29 is 13.2 Å². The van der Waals surface area contributed by atoms with Gasteiger partial charge in [0.05, 0.1) is 5.56 Å². The molecule has 1 aromatic rings. The summed E-state index contributed by atoms with van der Waals surface area (Å²) in [5.41, 5.74) is 0.242. The molecular formula is C21H24F3NS. The van der Waals surface area contributed by atoms with E-state index in [1.54, 1.807) is 12.1 Å². The first-order chi connectivity index (χ1) is 12.4. The van der Waals surface area contributed by atoms with Gasteiger partial charge in [-0.15, -0.1) is 11.8 Å². The summed E-state index contributed by atoms with van der Waals surface area (Å²) in [7, 11) is 0. The van der Waals surface area contributed by atoms with Crippen molar-refractivity contribution in [3.8, 4) is 0 Å². The van der Waals surface area contributed by atoms with Gasteiger partial charge in [-0.3, -0.25) is 0 Å². The molecule has 5 heteroatoms. The maximum absolute atomic E-state index is 13.5. The molecule has 0 N–H and O–H groups in total. The summed E-state index contributed by atoms with van der Waals surface area (Å²) in [5, 5.41) is 1.72. The summed E-state index contributed by atoms with van der Waals surface area (Å²) in [6.45, 7) is 0.914. The van der Waals surface area contributed by atoms with Gasteiger partial charge in [0.2, 0.25) is 0 Å². The Morgan fingerprint density at radius 2 is 1.62 bits per heavy atom. The zero-order valence-electron chi connectivity index (χ0n) is 14.7. The van der Waals surface area contributed by atoms with Crippen molar-refractivity contribution in [2.45, 2.75) is 50.1 Å². The Bertz CT molecular complexity index is 691. The molecular weight excluding hydrogens is 355 g/mol. The van der Waals surface area contributed by atoms with E-state index in [-0.39, 0.29) is 5.37 Å². The van der Waals surface area contributed by atoms with Crippen LogP contribution in [0.4, 0.5) is 13.2 Å². The summed E-state index contributed by atoms with van der Waals surface area (Å²) in [4.78, 5) is 2.20. The van der Waals surface area contributed by atoms with E-state index in [0.29, 0.717) is 11.0 Å². The third-order valence-corrected chi connectivity index (χ3v) is 8.04. The first-order valence-electron chi connectivity index (χ1n) is 9.66. The SMILES string of the molecule is FC(F)(F)c1ccccc1C1SC=CN1CC12CC3CC(CC(C3)C1)C2. The van der Waals surface area contributed by atoms with E-state index in [9.17, 15) is 13.2 Å². The minimum absolute atomic E-state index is 0.249. The second-order valence-corrected chi connectivity index (χ2v) is 9.94. The van der Waals surface area contributed by atoms with E-state index < -0.39 is 11.7 Å². The number of nitrogens with zero attached hydrogens (tertiary/aromatic N) is 1. The quantitative estimate of drug-likeness (QED) is 0.594. The fourth-order valence-electron chi connectivity index (χ4n) is 6.57. The van der Waals surface area contributed by atoms with Crippen LogP contribution in [0.5, 0.6) is 0 Å². The van der Waals surface area contributed by atoms with Gasteiger partial charge in [0.25, 0.3) is 0 Å². The van der Waals surface area contributed by atoms with Crippen LogP contribution in [0.25, 0.3) is 0 Å². The number of halogens is 3. The second kappa shape index (κ2) is 5.95. The molecule has 4 bridgehead atoms. The van der Waals surface area contributed by atoms with Crippen molar-refractivity contribution in [2.24, 2.45) is 23.2 Å². The first kappa shape index (κ1) is 17.0. The third kappa shape index (κ3) is 2.87. The smallest absolute Gasteiger partial charge is 0.360 e. The Balaban J connectivity index is 1.41. The Morgan fingerprint density at radius 1 is 1.00 bits per heavy atom. The molecule has 26 heavy (non-hydrogen) atoms. The maximum Gasteiger partial charge on any atom is 0.416 e. The molecule has 1 aromatic carbocycles. The van der Waals surface area contributed by atoms with Gasteiger partial charge in [0.1, 0.15) is 5.37 Å². The minimum Gasteiger partial charge on any atom is -0.360 e. The van der Waals surface area contributed by atoms with Crippen molar-refractivity contribution in [3.63, 3.8) is 0 Å². The van der Waals surface area contributed by atoms with Crippen LogP contribution in [0.3, 0.4) is 0 Å². The standard InChI is InChI=1S/C21H24F3NS/c22-21(23,24)18-4-2-1-3-17(18)19-25(5-6-26-19)13-20-10-14-7-15(11-20)9-16(8-14)12-20/h1-6,14-16,19H,7-13H2. The maximum atomic E-state index is 13.5. The summed E-state index contributed by atoms with van der Waals surface area (Å²) in [6, 6.07) is 6.09. The number of alkyl halides is 3.